The van der Waals surface area contributed by atoms with E-state index in [1.807, 2.05) is 19.1 Å². The van der Waals surface area contributed by atoms with Gasteiger partial charge in [0.1, 0.15) is 29.8 Å². The monoisotopic (exact) mass is 496 g/mol. The van der Waals surface area contributed by atoms with Gasteiger partial charge in [-0.05, 0) is 68.9 Å². The Morgan fingerprint density at radius 3 is 2.86 bits per heavy atom. The molecule has 2 saturated heterocycles. The number of halogens is 1. The fraction of sp³-hybridized carbons (Fsp3) is 0.462. The van der Waals surface area contributed by atoms with Gasteiger partial charge < -0.3 is 14.8 Å². The number of aryl methyl sites for hydroxylation is 1. The molecule has 0 unspecified atom stereocenters. The Bertz CT molecular complexity index is 1390. The molecule has 2 aromatic carbocycles. The van der Waals surface area contributed by atoms with Crippen molar-refractivity contribution in [2.45, 2.75) is 51.2 Å². The van der Waals surface area contributed by atoms with E-state index in [1.54, 1.807) is 6.07 Å². The first kappa shape index (κ1) is 22.7. The molecule has 2 aliphatic heterocycles. The van der Waals surface area contributed by atoms with Crippen LogP contribution in [0.4, 0.5) is 21.6 Å². The number of hydrogen-bond acceptors (Lipinski definition) is 7. The Hall–Kier alpha value is -2.78. The van der Waals surface area contributed by atoms with Crippen molar-refractivity contribution in [3.63, 3.8) is 0 Å². The molecule has 0 bridgehead atoms. The molecule has 35 heavy (non-hydrogen) atoms. The highest BCUT2D eigenvalue weighted by Crippen LogP contribution is 2.41. The summed E-state index contributed by atoms with van der Waals surface area (Å²) in [6.07, 6.45) is 6.52. The quantitative estimate of drug-likeness (QED) is 0.491. The molecule has 3 aliphatic rings. The van der Waals surface area contributed by atoms with Gasteiger partial charge in [-0.25, -0.2) is 18.6 Å². The van der Waals surface area contributed by atoms with Crippen LogP contribution in [-0.4, -0.2) is 44.5 Å². The van der Waals surface area contributed by atoms with Crippen molar-refractivity contribution in [2.75, 3.05) is 23.4 Å². The summed E-state index contributed by atoms with van der Waals surface area (Å²) in [7, 11) is -2.17. The predicted molar refractivity (Wildman–Crippen MR) is 135 cm³/mol. The number of benzene rings is 2. The van der Waals surface area contributed by atoms with Crippen LogP contribution in [0.1, 0.15) is 37.7 Å². The van der Waals surface area contributed by atoms with Crippen LogP contribution in [0.3, 0.4) is 0 Å². The third-order valence-electron chi connectivity index (χ3n) is 7.32. The Kier molecular flexibility index (Phi) is 5.84. The van der Waals surface area contributed by atoms with E-state index in [-0.39, 0.29) is 18.0 Å². The minimum Gasteiger partial charge on any atom is -0.488 e. The van der Waals surface area contributed by atoms with Crippen molar-refractivity contribution >= 4 is 37.8 Å². The lowest BCUT2D eigenvalue weighted by Crippen LogP contribution is -2.24. The van der Waals surface area contributed by atoms with Gasteiger partial charge in [-0.2, -0.15) is 4.36 Å². The fourth-order valence-corrected chi connectivity index (χ4v) is 7.81. The summed E-state index contributed by atoms with van der Waals surface area (Å²) in [5, 5.41) is 4.20. The van der Waals surface area contributed by atoms with Gasteiger partial charge >= 0.3 is 0 Å². The summed E-state index contributed by atoms with van der Waals surface area (Å²) in [5.41, 5.74) is 2.98. The zero-order valence-corrected chi connectivity index (χ0v) is 20.5. The van der Waals surface area contributed by atoms with Crippen LogP contribution >= 0.6 is 0 Å². The highest BCUT2D eigenvalue weighted by molar-refractivity contribution is 7.93. The number of aromatic nitrogens is 2. The number of rotatable bonds is 5. The summed E-state index contributed by atoms with van der Waals surface area (Å²) < 4.78 is 43.9. The van der Waals surface area contributed by atoms with Crippen molar-refractivity contribution in [3.8, 4) is 5.75 Å². The van der Waals surface area contributed by atoms with E-state index in [9.17, 15) is 8.60 Å². The van der Waals surface area contributed by atoms with E-state index in [2.05, 4.69) is 19.6 Å². The van der Waals surface area contributed by atoms with Crippen molar-refractivity contribution in [1.82, 2.24) is 9.97 Å². The van der Waals surface area contributed by atoms with Gasteiger partial charge in [0.2, 0.25) is 0 Å². The maximum Gasteiger partial charge on any atom is 0.146 e. The number of fused-ring (bicyclic) bond motifs is 2. The number of nitrogens with zero attached hydrogens (tertiary/aromatic N) is 3. The maximum atomic E-state index is 14.2. The summed E-state index contributed by atoms with van der Waals surface area (Å²) in [6, 6.07) is 8.32. The van der Waals surface area contributed by atoms with E-state index >= 15 is 0 Å². The average Bonchev–Trinajstić information content (AvgIpc) is 3.54. The van der Waals surface area contributed by atoms with Crippen LogP contribution < -0.4 is 10.1 Å². The van der Waals surface area contributed by atoms with Crippen molar-refractivity contribution in [1.29, 1.82) is 0 Å². The Labute approximate surface area is 204 Å². The van der Waals surface area contributed by atoms with Gasteiger partial charge in [0.05, 0.1) is 32.7 Å². The van der Waals surface area contributed by atoms with E-state index in [4.69, 9.17) is 9.47 Å². The number of anilines is 2. The van der Waals surface area contributed by atoms with Crippen LogP contribution in [0.25, 0.3) is 10.9 Å². The van der Waals surface area contributed by atoms with Gasteiger partial charge in [0.25, 0.3) is 0 Å². The SMILES string of the molecule is Cc1cc(N=S2(=O)CCCC2)cc2ncnc(Nc3ccc(F)cc3O[C@@H]3CC[C@@H]4OCC[C@@H]43)c12. The highest BCUT2D eigenvalue weighted by atomic mass is 32.2. The van der Waals surface area contributed by atoms with E-state index in [1.165, 1.54) is 18.5 Å². The molecule has 1 N–H and O–H groups in total. The normalized spacial score (nSPS) is 25.0. The van der Waals surface area contributed by atoms with Gasteiger partial charge in [0, 0.05) is 35.5 Å². The number of hydrogen-bond donors (Lipinski definition) is 1. The first-order valence-corrected chi connectivity index (χ1v) is 14.2. The molecule has 0 radical (unpaired) electrons. The second kappa shape index (κ2) is 9.02. The van der Waals surface area contributed by atoms with Crippen LogP contribution in [0.15, 0.2) is 41.0 Å². The molecule has 1 aliphatic carbocycles. The third-order valence-corrected chi connectivity index (χ3v) is 9.71. The predicted octanol–water partition coefficient (Wildman–Crippen LogP) is 5.66. The van der Waals surface area contributed by atoms with Crippen LogP contribution in [0.5, 0.6) is 5.75 Å². The van der Waals surface area contributed by atoms with Gasteiger partial charge in [-0.1, -0.05) is 0 Å². The molecule has 3 fully saturated rings. The van der Waals surface area contributed by atoms with Gasteiger partial charge in [-0.15, -0.1) is 0 Å². The smallest absolute Gasteiger partial charge is 0.146 e. The Morgan fingerprint density at radius 2 is 2.00 bits per heavy atom. The molecule has 0 amide bonds. The molecular formula is C26H29FN4O3S. The molecule has 1 aromatic heterocycles. The molecule has 0 spiro atoms. The number of ether oxygens (including phenoxy) is 2. The van der Waals surface area contributed by atoms with Crippen molar-refractivity contribution in [2.24, 2.45) is 10.3 Å². The fourth-order valence-electron chi connectivity index (χ4n) is 5.63. The first-order valence-electron chi connectivity index (χ1n) is 12.3. The summed E-state index contributed by atoms with van der Waals surface area (Å²) >= 11 is 0. The standard InChI is InChI=1S/C26H29FN4O3S/c1-16-12-18(31-35(32)10-2-3-11-35)14-21-25(16)26(29-15-28-21)30-20-5-4-17(27)13-24(20)34-23-7-6-22-19(23)8-9-33-22/h4-5,12-15,19,22-23H,2-3,6-11H2,1H3,(H,28,29,30)/t19-,22-,23+/m0/s1. The van der Waals surface area contributed by atoms with E-state index in [0.717, 1.165) is 49.7 Å². The Balaban J connectivity index is 1.33. The van der Waals surface area contributed by atoms with Crippen molar-refractivity contribution < 1.29 is 18.1 Å². The van der Waals surface area contributed by atoms with Crippen molar-refractivity contribution in [3.05, 3.63) is 48.0 Å². The summed E-state index contributed by atoms with van der Waals surface area (Å²) in [5.74, 6) is 2.39. The zero-order chi connectivity index (χ0) is 24.0. The highest BCUT2D eigenvalue weighted by Gasteiger charge is 2.42. The molecule has 3 atom stereocenters. The maximum absolute atomic E-state index is 14.2. The van der Waals surface area contributed by atoms with Gasteiger partial charge in [0.15, 0.2) is 0 Å². The second-order valence-electron chi connectivity index (χ2n) is 9.72. The summed E-state index contributed by atoms with van der Waals surface area (Å²) in [6.45, 7) is 2.73. The lowest BCUT2D eigenvalue weighted by Gasteiger charge is -2.22. The lowest BCUT2D eigenvalue weighted by molar-refractivity contribution is 0.0894. The lowest BCUT2D eigenvalue weighted by atomic mass is 10.0. The minimum absolute atomic E-state index is 0.00963. The van der Waals surface area contributed by atoms with Crippen LogP contribution in [0.2, 0.25) is 0 Å². The molecule has 1 saturated carbocycles. The molecular weight excluding hydrogens is 467 g/mol. The number of nitrogens with one attached hydrogen (secondary N) is 1. The Morgan fingerprint density at radius 1 is 1.14 bits per heavy atom. The van der Waals surface area contributed by atoms with E-state index in [0.29, 0.717) is 45.9 Å². The molecule has 7 nitrogen and oxygen atoms in total. The molecule has 3 heterocycles. The molecule has 6 rings (SSSR count). The largest absolute Gasteiger partial charge is 0.488 e. The molecule has 9 heteroatoms. The molecule has 3 aromatic rings. The van der Waals surface area contributed by atoms with Gasteiger partial charge in [-0.3, -0.25) is 0 Å². The molecule has 184 valence electrons. The topological polar surface area (TPSA) is 85.7 Å². The minimum atomic E-state index is -2.17. The average molecular weight is 497 g/mol. The van der Waals surface area contributed by atoms with Crippen LogP contribution in [-0.2, 0) is 14.5 Å². The second-order valence-corrected chi connectivity index (χ2v) is 12.3. The first-order chi connectivity index (χ1) is 17.0. The third kappa shape index (κ3) is 4.47. The van der Waals surface area contributed by atoms with Crippen LogP contribution in [0, 0.1) is 18.7 Å². The summed E-state index contributed by atoms with van der Waals surface area (Å²) in [4.78, 5) is 8.93. The zero-order valence-electron chi connectivity index (χ0n) is 19.7. The van der Waals surface area contributed by atoms with E-state index < -0.39 is 9.73 Å².